The summed E-state index contributed by atoms with van der Waals surface area (Å²) in [6.45, 7) is 8.41. The topological polar surface area (TPSA) is 79.2 Å². The van der Waals surface area contributed by atoms with Crippen LogP contribution in [-0.4, -0.2) is 46.5 Å². The first kappa shape index (κ1) is 19.9. The van der Waals surface area contributed by atoms with Crippen molar-refractivity contribution >= 4 is 18.3 Å². The van der Waals surface area contributed by atoms with Crippen LogP contribution in [0.25, 0.3) is 0 Å². The Bertz CT molecular complexity index is 493. The summed E-state index contributed by atoms with van der Waals surface area (Å²) in [5.74, 6) is -0.226. The van der Waals surface area contributed by atoms with Crippen molar-refractivity contribution < 1.29 is 9.90 Å². The summed E-state index contributed by atoms with van der Waals surface area (Å²) < 4.78 is 1.87. The van der Waals surface area contributed by atoms with Gasteiger partial charge in [-0.1, -0.05) is 20.8 Å². The zero-order valence-electron chi connectivity index (χ0n) is 14.2. The lowest BCUT2D eigenvalue weighted by Gasteiger charge is -2.23. The number of amides is 1. The number of aliphatic hydroxyl groups excluding tert-OH is 1. The second kappa shape index (κ2) is 8.66. The molecule has 2 heterocycles. The summed E-state index contributed by atoms with van der Waals surface area (Å²) >= 11 is 0. The van der Waals surface area contributed by atoms with E-state index in [1.807, 2.05) is 10.9 Å². The van der Waals surface area contributed by atoms with Gasteiger partial charge in [-0.25, -0.2) is 0 Å². The predicted octanol–water partition coefficient (Wildman–Crippen LogP) is 1.76. The van der Waals surface area contributed by atoms with E-state index < -0.39 is 6.10 Å². The smallest absolute Gasteiger partial charge is 0.271 e. The number of piperidine rings is 1. The summed E-state index contributed by atoms with van der Waals surface area (Å²) in [6, 6.07) is 2.06. The second-order valence-corrected chi connectivity index (χ2v) is 7.31. The molecule has 1 saturated heterocycles. The Morgan fingerprint density at radius 2 is 2.30 bits per heavy atom. The maximum Gasteiger partial charge on any atom is 0.271 e. The molecule has 0 spiro atoms. The van der Waals surface area contributed by atoms with Gasteiger partial charge in [0.05, 0.1) is 12.1 Å². The van der Waals surface area contributed by atoms with Crippen LogP contribution < -0.4 is 10.6 Å². The highest BCUT2D eigenvalue weighted by atomic mass is 35.5. The average Bonchev–Trinajstić information content (AvgIpc) is 2.94. The lowest BCUT2D eigenvalue weighted by molar-refractivity contribution is 0.0863. The standard InChI is InChI=1S/C16H28N4O2.ClH/c1-16(2,3)9-13(21)11-18-15(22)14-6-8-20(19-14)12-5-4-7-17-10-12;/h6,8,12-13,17,21H,4-5,7,9-11H2,1-3H3,(H,18,22);1H. The van der Waals surface area contributed by atoms with Gasteiger partial charge in [-0.05, 0) is 37.3 Å². The molecule has 2 rings (SSSR count). The normalized spacial score (nSPS) is 19.7. The van der Waals surface area contributed by atoms with Gasteiger partial charge in [0.2, 0.25) is 0 Å². The molecule has 1 amide bonds. The summed E-state index contributed by atoms with van der Waals surface area (Å²) in [4.78, 5) is 12.1. The van der Waals surface area contributed by atoms with Crippen molar-refractivity contribution in [3.05, 3.63) is 18.0 Å². The Balaban J connectivity index is 0.00000264. The van der Waals surface area contributed by atoms with Gasteiger partial charge in [0.1, 0.15) is 5.69 Å². The molecule has 23 heavy (non-hydrogen) atoms. The van der Waals surface area contributed by atoms with E-state index in [0.717, 1.165) is 25.9 Å². The molecule has 0 saturated carbocycles. The number of hydrogen-bond acceptors (Lipinski definition) is 4. The van der Waals surface area contributed by atoms with Crippen LogP contribution in [-0.2, 0) is 0 Å². The number of aromatic nitrogens is 2. The fourth-order valence-electron chi connectivity index (χ4n) is 2.80. The number of aliphatic hydroxyl groups is 1. The Kier molecular flexibility index (Phi) is 7.51. The van der Waals surface area contributed by atoms with Gasteiger partial charge < -0.3 is 15.7 Å². The Hall–Kier alpha value is -1.11. The van der Waals surface area contributed by atoms with Gasteiger partial charge >= 0.3 is 0 Å². The lowest BCUT2D eigenvalue weighted by Crippen LogP contribution is -2.35. The SMILES string of the molecule is CC(C)(C)CC(O)CNC(=O)c1ccn(C2CCCNC2)n1.Cl. The van der Waals surface area contributed by atoms with E-state index in [9.17, 15) is 9.90 Å². The molecule has 0 aliphatic carbocycles. The third-order valence-corrected chi connectivity index (χ3v) is 3.83. The number of carbonyl (C=O) groups is 1. The van der Waals surface area contributed by atoms with E-state index in [0.29, 0.717) is 18.2 Å². The Labute approximate surface area is 144 Å². The first-order valence-corrected chi connectivity index (χ1v) is 8.07. The zero-order valence-corrected chi connectivity index (χ0v) is 15.0. The quantitative estimate of drug-likeness (QED) is 0.760. The fraction of sp³-hybridized carbons (Fsp3) is 0.750. The summed E-state index contributed by atoms with van der Waals surface area (Å²) in [7, 11) is 0. The van der Waals surface area contributed by atoms with Crippen molar-refractivity contribution in [2.24, 2.45) is 5.41 Å². The van der Waals surface area contributed by atoms with Crippen LogP contribution in [0.4, 0.5) is 0 Å². The van der Waals surface area contributed by atoms with Crippen molar-refractivity contribution in [2.45, 2.75) is 52.2 Å². The lowest BCUT2D eigenvalue weighted by atomic mass is 9.89. The molecule has 1 aliphatic heterocycles. The molecular formula is C16H29ClN4O2. The summed E-state index contributed by atoms with van der Waals surface area (Å²) in [5, 5.41) is 20.4. The molecule has 1 aromatic rings. The number of nitrogens with one attached hydrogen (secondary N) is 2. The highest BCUT2D eigenvalue weighted by Gasteiger charge is 2.20. The molecule has 3 N–H and O–H groups in total. The molecule has 1 fully saturated rings. The molecule has 0 radical (unpaired) electrons. The van der Waals surface area contributed by atoms with Crippen molar-refractivity contribution in [2.75, 3.05) is 19.6 Å². The Morgan fingerprint density at radius 1 is 1.57 bits per heavy atom. The van der Waals surface area contributed by atoms with Crippen LogP contribution >= 0.6 is 12.4 Å². The fourth-order valence-corrected chi connectivity index (χ4v) is 2.80. The molecule has 2 unspecified atom stereocenters. The number of rotatable bonds is 5. The van der Waals surface area contributed by atoms with Gasteiger partial charge in [0, 0.05) is 19.3 Å². The van der Waals surface area contributed by atoms with Gasteiger partial charge in [-0.3, -0.25) is 9.48 Å². The highest BCUT2D eigenvalue weighted by Crippen LogP contribution is 2.20. The molecule has 1 aromatic heterocycles. The van der Waals surface area contributed by atoms with Crippen LogP contribution in [0, 0.1) is 5.41 Å². The third-order valence-electron chi connectivity index (χ3n) is 3.83. The molecule has 0 aromatic carbocycles. The van der Waals surface area contributed by atoms with E-state index in [1.54, 1.807) is 6.07 Å². The van der Waals surface area contributed by atoms with Crippen LogP contribution in [0.2, 0.25) is 0 Å². The second-order valence-electron chi connectivity index (χ2n) is 7.31. The molecule has 7 heteroatoms. The van der Waals surface area contributed by atoms with Gasteiger partial charge in [0.15, 0.2) is 0 Å². The third kappa shape index (κ3) is 6.49. The monoisotopic (exact) mass is 344 g/mol. The summed E-state index contributed by atoms with van der Waals surface area (Å²) in [5.41, 5.74) is 0.452. The molecule has 132 valence electrons. The predicted molar refractivity (Wildman–Crippen MR) is 93.0 cm³/mol. The minimum atomic E-state index is -0.534. The molecule has 2 atom stereocenters. The van der Waals surface area contributed by atoms with Crippen molar-refractivity contribution in [3.63, 3.8) is 0 Å². The van der Waals surface area contributed by atoms with E-state index >= 15 is 0 Å². The van der Waals surface area contributed by atoms with Crippen molar-refractivity contribution in [3.8, 4) is 0 Å². The van der Waals surface area contributed by atoms with Gasteiger partial charge in [-0.15, -0.1) is 12.4 Å². The number of nitrogens with zero attached hydrogens (tertiary/aromatic N) is 2. The van der Waals surface area contributed by atoms with Crippen LogP contribution in [0.5, 0.6) is 0 Å². The maximum atomic E-state index is 12.1. The molecule has 1 aliphatic rings. The van der Waals surface area contributed by atoms with Crippen LogP contribution in [0.3, 0.4) is 0 Å². The zero-order chi connectivity index (χ0) is 16.2. The first-order valence-electron chi connectivity index (χ1n) is 8.07. The van der Waals surface area contributed by atoms with Gasteiger partial charge in [-0.2, -0.15) is 5.10 Å². The highest BCUT2D eigenvalue weighted by molar-refractivity contribution is 5.92. The number of halogens is 1. The van der Waals surface area contributed by atoms with Crippen molar-refractivity contribution in [1.29, 1.82) is 0 Å². The minimum Gasteiger partial charge on any atom is -0.391 e. The average molecular weight is 345 g/mol. The molecule has 6 nitrogen and oxygen atoms in total. The van der Waals surface area contributed by atoms with Crippen LogP contribution in [0.15, 0.2) is 12.3 Å². The van der Waals surface area contributed by atoms with Gasteiger partial charge in [0.25, 0.3) is 5.91 Å². The Morgan fingerprint density at radius 3 is 2.91 bits per heavy atom. The summed E-state index contributed by atoms with van der Waals surface area (Å²) in [6.07, 6.45) is 4.19. The minimum absolute atomic E-state index is 0. The number of hydrogen-bond donors (Lipinski definition) is 3. The van der Waals surface area contributed by atoms with E-state index in [4.69, 9.17) is 0 Å². The molecule has 0 bridgehead atoms. The van der Waals surface area contributed by atoms with E-state index in [1.165, 1.54) is 0 Å². The van der Waals surface area contributed by atoms with E-state index in [-0.39, 0.29) is 30.3 Å². The largest absolute Gasteiger partial charge is 0.391 e. The van der Waals surface area contributed by atoms with E-state index in [2.05, 4.69) is 36.5 Å². The van der Waals surface area contributed by atoms with Crippen LogP contribution in [0.1, 0.15) is 56.6 Å². The maximum absolute atomic E-state index is 12.1. The van der Waals surface area contributed by atoms with Crippen molar-refractivity contribution in [1.82, 2.24) is 20.4 Å². The first-order chi connectivity index (χ1) is 10.3. The molecular weight excluding hydrogens is 316 g/mol. The number of carbonyl (C=O) groups excluding carboxylic acids is 1.